The number of rotatable bonds is 4. The molecule has 0 atom stereocenters. The van der Waals surface area contributed by atoms with Gasteiger partial charge >= 0.3 is 0 Å². The zero-order valence-corrected chi connectivity index (χ0v) is 13.3. The summed E-state index contributed by atoms with van der Waals surface area (Å²) >= 11 is 6.76. The van der Waals surface area contributed by atoms with Crippen LogP contribution < -0.4 is 11.1 Å². The third kappa shape index (κ3) is 3.33. The summed E-state index contributed by atoms with van der Waals surface area (Å²) in [6.07, 6.45) is 0. The van der Waals surface area contributed by atoms with Crippen LogP contribution in [0.4, 0.5) is 21.0 Å². The standard InChI is InChI=1S/C16H11ClFN3OS/c17-11-7-6-10(8-12(11)18)20-16-21-15(19)14(23-16)13(22)9-4-2-1-3-5-9/h1-8H,19H2,(H,20,21). The fraction of sp³-hybridized carbons (Fsp3) is 0. The molecule has 23 heavy (non-hydrogen) atoms. The molecule has 1 heterocycles. The Kier molecular flexibility index (Phi) is 4.27. The Hall–Kier alpha value is -2.44. The number of carbonyl (C=O) groups excluding carboxylic acids is 1. The van der Waals surface area contributed by atoms with Crippen LogP contribution >= 0.6 is 22.9 Å². The lowest BCUT2D eigenvalue weighted by Gasteiger charge is -2.02. The highest BCUT2D eigenvalue weighted by Crippen LogP contribution is 2.30. The smallest absolute Gasteiger partial charge is 0.206 e. The highest BCUT2D eigenvalue weighted by molar-refractivity contribution is 7.18. The van der Waals surface area contributed by atoms with E-state index in [-0.39, 0.29) is 16.6 Å². The maximum Gasteiger partial charge on any atom is 0.206 e. The third-order valence-corrected chi connectivity index (χ3v) is 4.36. The molecule has 0 spiro atoms. The molecule has 0 aliphatic rings. The highest BCUT2D eigenvalue weighted by atomic mass is 35.5. The lowest BCUT2D eigenvalue weighted by atomic mass is 10.1. The highest BCUT2D eigenvalue weighted by Gasteiger charge is 2.18. The van der Waals surface area contributed by atoms with E-state index < -0.39 is 5.82 Å². The Morgan fingerprint density at radius 1 is 1.22 bits per heavy atom. The lowest BCUT2D eigenvalue weighted by molar-refractivity contribution is 0.104. The van der Waals surface area contributed by atoms with E-state index in [1.54, 1.807) is 30.3 Å². The minimum absolute atomic E-state index is 0.0362. The molecule has 0 saturated carbocycles. The molecule has 0 amide bonds. The van der Waals surface area contributed by atoms with Gasteiger partial charge < -0.3 is 11.1 Å². The van der Waals surface area contributed by atoms with Crippen LogP contribution in [0.3, 0.4) is 0 Å². The second-order valence-electron chi connectivity index (χ2n) is 4.68. The number of hydrogen-bond donors (Lipinski definition) is 2. The molecule has 3 aromatic rings. The van der Waals surface area contributed by atoms with Crippen LogP contribution in [-0.4, -0.2) is 10.8 Å². The van der Waals surface area contributed by atoms with E-state index in [1.165, 1.54) is 12.1 Å². The monoisotopic (exact) mass is 347 g/mol. The van der Waals surface area contributed by atoms with Crippen molar-refractivity contribution in [1.29, 1.82) is 0 Å². The summed E-state index contributed by atoms with van der Waals surface area (Å²) in [6.45, 7) is 0. The van der Waals surface area contributed by atoms with Crippen molar-refractivity contribution in [1.82, 2.24) is 4.98 Å². The van der Waals surface area contributed by atoms with Crippen LogP contribution in [-0.2, 0) is 0 Å². The number of nitrogen functional groups attached to an aromatic ring is 1. The molecule has 0 fully saturated rings. The Bertz CT molecular complexity index is 867. The van der Waals surface area contributed by atoms with Crippen LogP contribution in [0.25, 0.3) is 0 Å². The van der Waals surface area contributed by atoms with Crippen molar-refractivity contribution in [3.8, 4) is 0 Å². The van der Waals surface area contributed by atoms with Crippen LogP contribution in [0, 0.1) is 5.82 Å². The Balaban J connectivity index is 1.86. The number of nitrogens with zero attached hydrogens (tertiary/aromatic N) is 1. The van der Waals surface area contributed by atoms with Crippen LogP contribution in [0.2, 0.25) is 5.02 Å². The molecule has 3 N–H and O–H groups in total. The molecular formula is C16H11ClFN3OS. The third-order valence-electron chi connectivity index (χ3n) is 3.07. The first-order chi connectivity index (χ1) is 11.0. The number of carbonyl (C=O) groups is 1. The molecule has 0 bridgehead atoms. The molecule has 3 rings (SSSR count). The molecule has 0 saturated heterocycles. The first-order valence-corrected chi connectivity index (χ1v) is 7.82. The average molecular weight is 348 g/mol. The molecule has 1 aromatic heterocycles. The number of nitrogens with one attached hydrogen (secondary N) is 1. The Morgan fingerprint density at radius 2 is 1.96 bits per heavy atom. The first kappa shape index (κ1) is 15.5. The van der Waals surface area contributed by atoms with Gasteiger partial charge in [0.25, 0.3) is 0 Å². The molecule has 7 heteroatoms. The summed E-state index contributed by atoms with van der Waals surface area (Å²) < 4.78 is 13.4. The molecule has 0 radical (unpaired) electrons. The van der Waals surface area contributed by atoms with Gasteiger partial charge in [-0.25, -0.2) is 9.37 Å². The van der Waals surface area contributed by atoms with Crippen molar-refractivity contribution in [3.63, 3.8) is 0 Å². The van der Waals surface area contributed by atoms with Gasteiger partial charge in [0.05, 0.1) is 5.02 Å². The van der Waals surface area contributed by atoms with Gasteiger partial charge in [0.15, 0.2) is 5.13 Å². The van der Waals surface area contributed by atoms with Crippen molar-refractivity contribution >= 4 is 45.4 Å². The zero-order chi connectivity index (χ0) is 16.4. The number of aromatic nitrogens is 1. The summed E-state index contributed by atoms with van der Waals surface area (Å²) in [5, 5.41) is 3.36. The second-order valence-corrected chi connectivity index (χ2v) is 6.09. The number of hydrogen-bond acceptors (Lipinski definition) is 5. The predicted molar refractivity (Wildman–Crippen MR) is 91.1 cm³/mol. The number of nitrogens with two attached hydrogens (primary N) is 1. The molecular weight excluding hydrogens is 337 g/mol. The second kappa shape index (κ2) is 6.36. The Labute approximate surface area is 140 Å². The Morgan fingerprint density at radius 3 is 2.65 bits per heavy atom. The SMILES string of the molecule is Nc1nc(Nc2ccc(Cl)c(F)c2)sc1C(=O)c1ccccc1. The van der Waals surface area contributed by atoms with E-state index >= 15 is 0 Å². The van der Waals surface area contributed by atoms with Crippen LogP contribution in [0.15, 0.2) is 48.5 Å². The molecule has 2 aromatic carbocycles. The number of halogens is 2. The van der Waals surface area contributed by atoms with Gasteiger partial charge in [-0.2, -0.15) is 0 Å². The first-order valence-electron chi connectivity index (χ1n) is 6.62. The molecule has 0 unspecified atom stereocenters. The lowest BCUT2D eigenvalue weighted by Crippen LogP contribution is -2.02. The van der Waals surface area contributed by atoms with Crippen molar-refractivity contribution in [2.45, 2.75) is 0 Å². The van der Waals surface area contributed by atoms with E-state index in [1.807, 2.05) is 6.07 Å². The quantitative estimate of drug-likeness (QED) is 0.682. The number of ketones is 1. The molecule has 0 aliphatic heterocycles. The van der Waals surface area contributed by atoms with Crippen LogP contribution in [0.5, 0.6) is 0 Å². The van der Waals surface area contributed by atoms with Gasteiger partial charge in [-0.05, 0) is 18.2 Å². The van der Waals surface area contributed by atoms with E-state index in [4.69, 9.17) is 17.3 Å². The van der Waals surface area contributed by atoms with Crippen molar-refractivity contribution in [2.24, 2.45) is 0 Å². The van der Waals surface area contributed by atoms with Gasteiger partial charge in [0.1, 0.15) is 16.5 Å². The fourth-order valence-corrected chi connectivity index (χ4v) is 2.95. The van der Waals surface area contributed by atoms with Gasteiger partial charge in [0.2, 0.25) is 5.78 Å². The summed E-state index contributed by atoms with van der Waals surface area (Å²) in [5.74, 6) is -0.599. The van der Waals surface area contributed by atoms with Gasteiger partial charge in [-0.1, -0.05) is 53.3 Å². The minimum atomic E-state index is -0.540. The summed E-state index contributed by atoms with van der Waals surface area (Å²) in [4.78, 5) is 16.9. The van der Waals surface area contributed by atoms with Crippen molar-refractivity contribution < 1.29 is 9.18 Å². The maximum atomic E-state index is 13.4. The van der Waals surface area contributed by atoms with E-state index in [9.17, 15) is 9.18 Å². The summed E-state index contributed by atoms with van der Waals surface area (Å²) in [5.41, 5.74) is 6.84. The van der Waals surface area contributed by atoms with Crippen molar-refractivity contribution in [2.75, 3.05) is 11.1 Å². The summed E-state index contributed by atoms with van der Waals surface area (Å²) in [6, 6.07) is 13.1. The average Bonchev–Trinajstić information content (AvgIpc) is 2.91. The maximum absolute atomic E-state index is 13.4. The van der Waals surface area contributed by atoms with Gasteiger partial charge in [-0.3, -0.25) is 4.79 Å². The number of anilines is 3. The molecule has 0 aliphatic carbocycles. The van der Waals surface area contributed by atoms with Crippen LogP contribution in [0.1, 0.15) is 15.2 Å². The number of thiazole rings is 1. The van der Waals surface area contributed by atoms with Crippen molar-refractivity contribution in [3.05, 3.63) is 69.8 Å². The van der Waals surface area contributed by atoms with Gasteiger partial charge in [-0.15, -0.1) is 0 Å². The molecule has 4 nitrogen and oxygen atoms in total. The minimum Gasteiger partial charge on any atom is -0.382 e. The summed E-state index contributed by atoms with van der Waals surface area (Å²) in [7, 11) is 0. The molecule has 116 valence electrons. The normalized spacial score (nSPS) is 10.5. The van der Waals surface area contributed by atoms with E-state index in [0.717, 1.165) is 11.3 Å². The largest absolute Gasteiger partial charge is 0.382 e. The number of benzene rings is 2. The van der Waals surface area contributed by atoms with Gasteiger partial charge in [0, 0.05) is 11.3 Å². The topological polar surface area (TPSA) is 68.0 Å². The fourth-order valence-electron chi connectivity index (χ4n) is 1.97. The van der Waals surface area contributed by atoms with E-state index in [2.05, 4.69) is 10.3 Å². The van der Waals surface area contributed by atoms with E-state index in [0.29, 0.717) is 21.3 Å². The zero-order valence-electron chi connectivity index (χ0n) is 11.7. The predicted octanol–water partition coefficient (Wildman–Crippen LogP) is 4.49.